The number of aromatic nitrogens is 1. The molecule has 0 aliphatic rings. The van der Waals surface area contributed by atoms with Gasteiger partial charge in [-0.05, 0) is 36.6 Å². The van der Waals surface area contributed by atoms with Gasteiger partial charge in [0.05, 0.1) is 0 Å². The van der Waals surface area contributed by atoms with Crippen LogP contribution >= 0.6 is 11.6 Å². The molecular formula is C17H19ClN2O. The molecule has 0 unspecified atom stereocenters. The maximum atomic E-state index is 12.4. The lowest BCUT2D eigenvalue weighted by atomic mass is 10.1. The highest BCUT2D eigenvalue weighted by Crippen LogP contribution is 2.19. The molecule has 2 aromatic rings. The molecule has 2 rings (SSSR count). The van der Waals surface area contributed by atoms with E-state index < -0.39 is 0 Å². The van der Waals surface area contributed by atoms with Crippen molar-refractivity contribution in [3.05, 3.63) is 58.4 Å². The minimum Gasteiger partial charge on any atom is -0.322 e. The van der Waals surface area contributed by atoms with E-state index in [1.165, 1.54) is 0 Å². The van der Waals surface area contributed by atoms with Crippen LogP contribution in [-0.2, 0) is 12.8 Å². The predicted octanol–water partition coefficient (Wildman–Crippen LogP) is 4.50. The molecule has 0 fully saturated rings. The predicted molar refractivity (Wildman–Crippen MR) is 87.0 cm³/mol. The Labute approximate surface area is 130 Å². The molecule has 0 saturated heterocycles. The van der Waals surface area contributed by atoms with Crippen molar-refractivity contribution in [1.29, 1.82) is 0 Å². The third-order valence-corrected chi connectivity index (χ3v) is 3.45. The molecule has 3 nitrogen and oxygen atoms in total. The maximum absolute atomic E-state index is 12.4. The van der Waals surface area contributed by atoms with Gasteiger partial charge < -0.3 is 5.32 Å². The van der Waals surface area contributed by atoms with Crippen LogP contribution in [0.15, 0.2) is 36.4 Å². The van der Waals surface area contributed by atoms with Gasteiger partial charge in [-0.1, -0.05) is 50.1 Å². The van der Waals surface area contributed by atoms with E-state index in [2.05, 4.69) is 17.2 Å². The van der Waals surface area contributed by atoms with E-state index in [1.807, 2.05) is 31.2 Å². The summed E-state index contributed by atoms with van der Waals surface area (Å²) < 4.78 is 0. The minimum atomic E-state index is -0.155. The standard InChI is InChI=1S/C17H19ClN2O/c1-3-7-12-8-5-6-9-15(12)20-17(21)13-10-14(4-2)19-16(18)11-13/h5-6,8-11H,3-4,7H2,1-2H3,(H,20,21). The Kier molecular flexibility index (Phi) is 5.34. The number of nitrogens with zero attached hydrogens (tertiary/aromatic N) is 1. The van der Waals surface area contributed by atoms with Crippen LogP contribution in [0.4, 0.5) is 5.69 Å². The average Bonchev–Trinajstić information content (AvgIpc) is 2.48. The van der Waals surface area contributed by atoms with Crippen LogP contribution in [0.3, 0.4) is 0 Å². The number of pyridine rings is 1. The lowest BCUT2D eigenvalue weighted by Crippen LogP contribution is -2.14. The fourth-order valence-corrected chi connectivity index (χ4v) is 2.41. The average molecular weight is 303 g/mol. The third-order valence-electron chi connectivity index (χ3n) is 3.26. The number of halogens is 1. The van der Waals surface area contributed by atoms with E-state index >= 15 is 0 Å². The molecule has 110 valence electrons. The van der Waals surface area contributed by atoms with E-state index in [9.17, 15) is 4.79 Å². The highest BCUT2D eigenvalue weighted by Gasteiger charge is 2.11. The molecule has 0 aliphatic carbocycles. The summed E-state index contributed by atoms with van der Waals surface area (Å²) in [4.78, 5) is 16.6. The molecular weight excluding hydrogens is 284 g/mol. The summed E-state index contributed by atoms with van der Waals surface area (Å²) in [7, 11) is 0. The second-order valence-corrected chi connectivity index (χ2v) is 5.27. The Morgan fingerprint density at radius 1 is 1.24 bits per heavy atom. The fraction of sp³-hybridized carbons (Fsp3) is 0.294. The second kappa shape index (κ2) is 7.23. The zero-order chi connectivity index (χ0) is 15.2. The van der Waals surface area contributed by atoms with Gasteiger partial charge in [0.15, 0.2) is 0 Å². The second-order valence-electron chi connectivity index (χ2n) is 4.88. The van der Waals surface area contributed by atoms with Crippen LogP contribution in [0.1, 0.15) is 41.9 Å². The number of aryl methyl sites for hydroxylation is 2. The number of carbonyl (C=O) groups is 1. The Bertz CT molecular complexity index is 640. The highest BCUT2D eigenvalue weighted by molar-refractivity contribution is 6.29. The summed E-state index contributed by atoms with van der Waals surface area (Å²) in [6, 6.07) is 11.2. The summed E-state index contributed by atoms with van der Waals surface area (Å²) in [5.41, 5.74) is 3.35. The first-order chi connectivity index (χ1) is 10.1. The lowest BCUT2D eigenvalue weighted by molar-refractivity contribution is 0.102. The first kappa shape index (κ1) is 15.5. The van der Waals surface area contributed by atoms with Gasteiger partial charge in [0.1, 0.15) is 5.15 Å². The SMILES string of the molecule is CCCc1ccccc1NC(=O)c1cc(Cl)nc(CC)c1. The molecule has 1 N–H and O–H groups in total. The Morgan fingerprint density at radius 3 is 2.71 bits per heavy atom. The summed E-state index contributed by atoms with van der Waals surface area (Å²) in [6.07, 6.45) is 2.72. The van der Waals surface area contributed by atoms with E-state index in [1.54, 1.807) is 12.1 Å². The number of rotatable bonds is 5. The smallest absolute Gasteiger partial charge is 0.255 e. The van der Waals surface area contributed by atoms with E-state index in [4.69, 9.17) is 11.6 Å². The van der Waals surface area contributed by atoms with Crippen molar-refractivity contribution >= 4 is 23.2 Å². The normalized spacial score (nSPS) is 10.4. The number of benzene rings is 1. The molecule has 0 aliphatic heterocycles. The van der Waals surface area contributed by atoms with Crippen LogP contribution in [0, 0.1) is 0 Å². The van der Waals surface area contributed by atoms with Gasteiger partial charge in [-0.3, -0.25) is 4.79 Å². The topological polar surface area (TPSA) is 42.0 Å². The molecule has 1 heterocycles. The lowest BCUT2D eigenvalue weighted by Gasteiger charge is -2.11. The minimum absolute atomic E-state index is 0.155. The number of amides is 1. The number of para-hydroxylation sites is 1. The molecule has 1 aromatic heterocycles. The zero-order valence-corrected chi connectivity index (χ0v) is 13.1. The van der Waals surface area contributed by atoms with Gasteiger partial charge in [0, 0.05) is 16.9 Å². The van der Waals surface area contributed by atoms with Crippen molar-refractivity contribution in [3.63, 3.8) is 0 Å². The molecule has 0 saturated carbocycles. The van der Waals surface area contributed by atoms with Gasteiger partial charge in [-0.2, -0.15) is 0 Å². The van der Waals surface area contributed by atoms with Crippen molar-refractivity contribution in [2.45, 2.75) is 33.1 Å². The van der Waals surface area contributed by atoms with Crippen molar-refractivity contribution < 1.29 is 4.79 Å². The number of hydrogen-bond acceptors (Lipinski definition) is 2. The Morgan fingerprint density at radius 2 is 2.00 bits per heavy atom. The van der Waals surface area contributed by atoms with E-state index in [0.717, 1.165) is 36.2 Å². The monoisotopic (exact) mass is 302 g/mol. The van der Waals surface area contributed by atoms with Crippen LogP contribution in [0.2, 0.25) is 5.15 Å². The molecule has 1 aromatic carbocycles. The molecule has 4 heteroatoms. The molecule has 0 atom stereocenters. The van der Waals surface area contributed by atoms with Crippen LogP contribution in [-0.4, -0.2) is 10.9 Å². The van der Waals surface area contributed by atoms with Crippen LogP contribution < -0.4 is 5.32 Å². The number of carbonyl (C=O) groups excluding carboxylic acids is 1. The largest absolute Gasteiger partial charge is 0.322 e. The Balaban J connectivity index is 2.24. The van der Waals surface area contributed by atoms with E-state index in [-0.39, 0.29) is 5.91 Å². The van der Waals surface area contributed by atoms with Crippen molar-refractivity contribution in [1.82, 2.24) is 4.98 Å². The number of anilines is 1. The Hall–Kier alpha value is -1.87. The number of hydrogen-bond donors (Lipinski definition) is 1. The fourth-order valence-electron chi connectivity index (χ4n) is 2.19. The quantitative estimate of drug-likeness (QED) is 0.826. The number of nitrogens with one attached hydrogen (secondary N) is 1. The van der Waals surface area contributed by atoms with Gasteiger partial charge >= 0.3 is 0 Å². The van der Waals surface area contributed by atoms with Gasteiger partial charge in [-0.25, -0.2) is 4.98 Å². The molecule has 1 amide bonds. The highest BCUT2D eigenvalue weighted by atomic mass is 35.5. The summed E-state index contributed by atoms with van der Waals surface area (Å²) in [5, 5.41) is 3.31. The summed E-state index contributed by atoms with van der Waals surface area (Å²) in [6.45, 7) is 4.10. The molecule has 0 bridgehead atoms. The molecule has 0 radical (unpaired) electrons. The zero-order valence-electron chi connectivity index (χ0n) is 12.3. The first-order valence-electron chi connectivity index (χ1n) is 7.19. The third kappa shape index (κ3) is 4.05. The van der Waals surface area contributed by atoms with Crippen LogP contribution in [0.25, 0.3) is 0 Å². The summed E-state index contributed by atoms with van der Waals surface area (Å²) in [5.74, 6) is -0.155. The summed E-state index contributed by atoms with van der Waals surface area (Å²) >= 11 is 5.97. The molecule has 21 heavy (non-hydrogen) atoms. The van der Waals surface area contributed by atoms with Crippen molar-refractivity contribution in [2.24, 2.45) is 0 Å². The first-order valence-corrected chi connectivity index (χ1v) is 7.57. The van der Waals surface area contributed by atoms with Gasteiger partial charge in [0.25, 0.3) is 5.91 Å². The van der Waals surface area contributed by atoms with Gasteiger partial charge in [0.2, 0.25) is 0 Å². The van der Waals surface area contributed by atoms with Crippen molar-refractivity contribution in [3.8, 4) is 0 Å². The van der Waals surface area contributed by atoms with Gasteiger partial charge in [-0.15, -0.1) is 0 Å². The van der Waals surface area contributed by atoms with Crippen LogP contribution in [0.5, 0.6) is 0 Å². The van der Waals surface area contributed by atoms with Crippen molar-refractivity contribution in [2.75, 3.05) is 5.32 Å². The maximum Gasteiger partial charge on any atom is 0.255 e. The molecule has 0 spiro atoms. The van der Waals surface area contributed by atoms with E-state index in [0.29, 0.717) is 10.7 Å².